The minimum absolute atomic E-state index is 0.339. The van der Waals surface area contributed by atoms with Crippen LogP contribution in [0.15, 0.2) is 11.8 Å². The van der Waals surface area contributed by atoms with Gasteiger partial charge in [0.2, 0.25) is 0 Å². The summed E-state index contributed by atoms with van der Waals surface area (Å²) < 4.78 is 0. The molecular formula is C8H18N2. The molecule has 1 unspecified atom stereocenters. The van der Waals surface area contributed by atoms with E-state index in [4.69, 9.17) is 11.5 Å². The number of hydrogen-bond donors (Lipinski definition) is 2. The van der Waals surface area contributed by atoms with Gasteiger partial charge in [0.05, 0.1) is 0 Å². The summed E-state index contributed by atoms with van der Waals surface area (Å²) in [5, 5.41) is 0. The zero-order chi connectivity index (χ0) is 7.98. The van der Waals surface area contributed by atoms with Crippen LogP contribution in [-0.2, 0) is 0 Å². The van der Waals surface area contributed by atoms with E-state index in [0.717, 1.165) is 18.5 Å². The first kappa shape index (κ1) is 9.50. The van der Waals surface area contributed by atoms with Gasteiger partial charge in [-0.2, -0.15) is 0 Å². The molecule has 0 radical (unpaired) electrons. The van der Waals surface area contributed by atoms with Crippen molar-refractivity contribution in [2.75, 3.05) is 6.54 Å². The first-order chi connectivity index (χ1) is 4.72. The quantitative estimate of drug-likeness (QED) is 0.620. The summed E-state index contributed by atoms with van der Waals surface area (Å²) in [6.45, 7) is 4.82. The van der Waals surface area contributed by atoms with Crippen LogP contribution in [0.4, 0.5) is 0 Å². The number of rotatable bonds is 4. The molecule has 0 aliphatic heterocycles. The minimum Gasteiger partial charge on any atom is -0.402 e. The molecule has 2 nitrogen and oxygen atoms in total. The maximum atomic E-state index is 5.69. The molecular weight excluding hydrogens is 124 g/mol. The Morgan fingerprint density at radius 3 is 2.60 bits per heavy atom. The Balaban J connectivity index is 3.67. The zero-order valence-electron chi connectivity index (χ0n) is 6.93. The average Bonchev–Trinajstić information content (AvgIpc) is 1.98. The average molecular weight is 142 g/mol. The fourth-order valence-electron chi connectivity index (χ4n) is 0.648. The van der Waals surface area contributed by atoms with Crippen molar-refractivity contribution in [3.05, 3.63) is 11.8 Å². The molecule has 10 heavy (non-hydrogen) atoms. The van der Waals surface area contributed by atoms with E-state index in [1.165, 1.54) is 0 Å². The summed E-state index contributed by atoms with van der Waals surface area (Å²) >= 11 is 0. The third kappa shape index (κ3) is 3.51. The normalized spacial score (nSPS) is 15.3. The largest absolute Gasteiger partial charge is 0.402 e. The van der Waals surface area contributed by atoms with Crippen molar-refractivity contribution < 1.29 is 0 Å². The van der Waals surface area contributed by atoms with Gasteiger partial charge in [0, 0.05) is 18.2 Å². The van der Waals surface area contributed by atoms with Gasteiger partial charge in [-0.1, -0.05) is 26.3 Å². The van der Waals surface area contributed by atoms with Crippen molar-refractivity contribution in [1.29, 1.82) is 0 Å². The molecule has 0 aromatic carbocycles. The summed E-state index contributed by atoms with van der Waals surface area (Å²) in [6.07, 6.45) is 4.28. The monoisotopic (exact) mass is 142 g/mol. The van der Waals surface area contributed by atoms with E-state index in [2.05, 4.69) is 13.0 Å². The highest BCUT2D eigenvalue weighted by Gasteiger charge is 1.99. The van der Waals surface area contributed by atoms with Crippen LogP contribution < -0.4 is 11.5 Å². The number of unbranched alkanes of at least 4 members (excludes halogenated alkanes) is 1. The van der Waals surface area contributed by atoms with E-state index < -0.39 is 0 Å². The first-order valence-electron chi connectivity index (χ1n) is 3.88. The summed E-state index contributed by atoms with van der Waals surface area (Å²) in [4.78, 5) is 0. The Kier molecular flexibility index (Phi) is 5.03. The lowest BCUT2D eigenvalue weighted by Crippen LogP contribution is -2.18. The second-order valence-electron chi connectivity index (χ2n) is 2.63. The molecule has 0 aliphatic rings. The second-order valence-corrected chi connectivity index (χ2v) is 2.63. The molecule has 4 N–H and O–H groups in total. The smallest absolute Gasteiger partial charge is 0.00814 e. The van der Waals surface area contributed by atoms with E-state index in [9.17, 15) is 0 Å². The molecule has 0 aliphatic carbocycles. The van der Waals surface area contributed by atoms with Crippen molar-refractivity contribution in [2.24, 2.45) is 17.4 Å². The fraction of sp³-hybridized carbons (Fsp3) is 0.750. The maximum Gasteiger partial charge on any atom is 0.00814 e. The molecule has 60 valence electrons. The molecule has 0 aromatic rings. The van der Waals surface area contributed by atoms with Gasteiger partial charge in [-0.3, -0.25) is 0 Å². The lowest BCUT2D eigenvalue weighted by Gasteiger charge is -2.07. The molecule has 0 saturated carbocycles. The van der Waals surface area contributed by atoms with Gasteiger partial charge >= 0.3 is 0 Å². The molecule has 0 rings (SSSR count). The Morgan fingerprint density at radius 2 is 2.20 bits per heavy atom. The van der Waals surface area contributed by atoms with E-state index in [1.807, 2.05) is 6.92 Å². The lowest BCUT2D eigenvalue weighted by atomic mass is 10.1. The highest BCUT2D eigenvalue weighted by Crippen LogP contribution is 2.03. The third-order valence-electron chi connectivity index (χ3n) is 1.59. The number of allylic oxidation sites excluding steroid dienone is 1. The summed E-state index contributed by atoms with van der Waals surface area (Å²) in [6, 6.07) is 0. The number of nitrogens with two attached hydrogens (primary N) is 2. The van der Waals surface area contributed by atoms with Crippen LogP contribution in [0.5, 0.6) is 0 Å². The van der Waals surface area contributed by atoms with Crippen LogP contribution in [-0.4, -0.2) is 6.54 Å². The molecule has 1 atom stereocenters. The molecule has 0 amide bonds. The predicted molar refractivity (Wildman–Crippen MR) is 45.4 cm³/mol. The fourth-order valence-corrected chi connectivity index (χ4v) is 0.648. The minimum atomic E-state index is 0.339. The van der Waals surface area contributed by atoms with Crippen LogP contribution in [0.1, 0.15) is 26.7 Å². The molecule has 0 fully saturated rings. The first-order valence-corrected chi connectivity index (χ1v) is 3.88. The molecule has 0 saturated heterocycles. The highest BCUT2D eigenvalue weighted by atomic mass is 14.6. The molecule has 2 heteroatoms. The second kappa shape index (κ2) is 5.30. The summed E-state index contributed by atoms with van der Waals surface area (Å²) in [5.41, 5.74) is 12.1. The van der Waals surface area contributed by atoms with Gasteiger partial charge in [0.1, 0.15) is 0 Å². The van der Waals surface area contributed by atoms with Gasteiger partial charge in [0.15, 0.2) is 0 Å². The van der Waals surface area contributed by atoms with Crippen LogP contribution in [0.25, 0.3) is 0 Å². The Labute approximate surface area is 63.3 Å². The zero-order valence-corrected chi connectivity index (χ0v) is 6.93. The van der Waals surface area contributed by atoms with Crippen molar-refractivity contribution in [1.82, 2.24) is 0 Å². The van der Waals surface area contributed by atoms with Crippen LogP contribution >= 0.6 is 0 Å². The van der Waals surface area contributed by atoms with Gasteiger partial charge in [0.25, 0.3) is 0 Å². The van der Waals surface area contributed by atoms with Crippen molar-refractivity contribution in [3.8, 4) is 0 Å². The number of hydrogen-bond acceptors (Lipinski definition) is 2. The van der Waals surface area contributed by atoms with Gasteiger partial charge in [-0.15, -0.1) is 0 Å². The van der Waals surface area contributed by atoms with Crippen molar-refractivity contribution in [2.45, 2.75) is 26.7 Å². The predicted octanol–water partition coefficient (Wildman–Crippen LogP) is 1.22. The lowest BCUT2D eigenvalue weighted by molar-refractivity contribution is 0.678. The van der Waals surface area contributed by atoms with Crippen LogP contribution in [0.2, 0.25) is 0 Å². The molecule has 0 heterocycles. The third-order valence-corrected chi connectivity index (χ3v) is 1.59. The van der Waals surface area contributed by atoms with E-state index >= 15 is 0 Å². The van der Waals surface area contributed by atoms with Crippen molar-refractivity contribution in [3.63, 3.8) is 0 Å². The van der Waals surface area contributed by atoms with E-state index in [0.29, 0.717) is 12.5 Å². The molecule has 0 spiro atoms. The van der Waals surface area contributed by atoms with Crippen LogP contribution in [0.3, 0.4) is 0 Å². The van der Waals surface area contributed by atoms with Crippen molar-refractivity contribution >= 4 is 0 Å². The Hall–Kier alpha value is -0.500. The van der Waals surface area contributed by atoms with E-state index in [-0.39, 0.29) is 0 Å². The Bertz CT molecular complexity index is 108. The van der Waals surface area contributed by atoms with E-state index in [1.54, 1.807) is 0 Å². The maximum absolute atomic E-state index is 5.69. The topological polar surface area (TPSA) is 52.0 Å². The van der Waals surface area contributed by atoms with Gasteiger partial charge in [-0.05, 0) is 6.42 Å². The van der Waals surface area contributed by atoms with Crippen LogP contribution in [0, 0.1) is 5.92 Å². The standard InChI is InChI=1S/C8H18N2/c1-3-4-5-8(10)7(2)6-9/h5,7H,3-4,6,9-10H2,1-2H3/b8-5+. The Morgan fingerprint density at radius 1 is 1.60 bits per heavy atom. The van der Waals surface area contributed by atoms with Gasteiger partial charge in [-0.25, -0.2) is 0 Å². The highest BCUT2D eigenvalue weighted by molar-refractivity contribution is 5.00. The summed E-state index contributed by atoms with van der Waals surface area (Å²) in [5.74, 6) is 0.339. The SMILES string of the molecule is CCC/C=C(/N)C(C)CN. The molecule has 0 bridgehead atoms. The molecule has 0 aromatic heterocycles. The van der Waals surface area contributed by atoms with Gasteiger partial charge < -0.3 is 11.5 Å². The summed E-state index contributed by atoms with van der Waals surface area (Å²) in [7, 11) is 0.